The van der Waals surface area contributed by atoms with Gasteiger partial charge in [-0.3, -0.25) is 0 Å². The average Bonchev–Trinajstić information content (AvgIpc) is 0.811. The number of carbonyl (C=O) groups is 1. The van der Waals surface area contributed by atoms with E-state index < -0.39 is 6.16 Å². The monoisotopic (exact) mass is 170 g/mol. The standard InChI is InChI=1S/CH2O3.3Na.2H2O.3H/c2-1(3)4;;;;;;;;/h(H2,2,3,4);;;;2*1H2;;;. The number of rotatable bonds is 0. The van der Waals surface area contributed by atoms with Crippen LogP contribution in [0.4, 0.5) is 4.79 Å². The van der Waals surface area contributed by atoms with Gasteiger partial charge in [0, 0.05) is 0 Å². The molecule has 0 amide bonds. The fourth-order valence-electron chi connectivity index (χ4n) is 0. The normalized spacial score (nSPS) is 2.67. The van der Waals surface area contributed by atoms with Gasteiger partial charge in [0.25, 0.3) is 0 Å². The molecule has 0 aliphatic heterocycles. The third kappa shape index (κ3) is 143. The molecule has 0 radical (unpaired) electrons. The maximum atomic E-state index is 8.56. The number of hydrogen-bond acceptors (Lipinski definition) is 1. The predicted molar refractivity (Wildman–Crippen MR) is 39.3 cm³/mol. The molecule has 9 heavy (non-hydrogen) atoms. The molecule has 0 rings (SSSR count). The van der Waals surface area contributed by atoms with Crippen LogP contribution in [0.2, 0.25) is 0 Å². The Kier molecular flexibility index (Phi) is 153. The first-order valence-corrected chi connectivity index (χ1v) is 0.651. The molecule has 0 spiro atoms. The summed E-state index contributed by atoms with van der Waals surface area (Å²) >= 11 is 0. The van der Waals surface area contributed by atoms with Crippen molar-refractivity contribution in [1.82, 2.24) is 0 Å². The van der Waals surface area contributed by atoms with E-state index in [1.807, 2.05) is 0 Å². The van der Waals surface area contributed by atoms with Crippen LogP contribution in [0.5, 0.6) is 0 Å². The topological polar surface area (TPSA) is 121 Å². The molecule has 46 valence electrons. The van der Waals surface area contributed by atoms with E-state index in [1.54, 1.807) is 0 Å². The van der Waals surface area contributed by atoms with Crippen LogP contribution in [0.15, 0.2) is 0 Å². The van der Waals surface area contributed by atoms with E-state index >= 15 is 0 Å². The molecule has 0 saturated carbocycles. The van der Waals surface area contributed by atoms with Crippen molar-refractivity contribution in [3.8, 4) is 0 Å². The Morgan fingerprint density at radius 3 is 0.889 bits per heavy atom. The fraction of sp³-hybridized carbons (Fsp3) is 0. The van der Waals surface area contributed by atoms with Crippen molar-refractivity contribution in [3.05, 3.63) is 0 Å². The second-order valence-electron chi connectivity index (χ2n) is 0.283. The molecule has 0 aliphatic rings. The minimum atomic E-state index is -1.83. The first kappa shape index (κ1) is 43.1. The Labute approximate surface area is 119 Å². The summed E-state index contributed by atoms with van der Waals surface area (Å²) in [4.78, 5) is 8.56. The Hall–Kier alpha value is 2.19. The molecule has 5 nitrogen and oxygen atoms in total. The molecule has 0 aromatic carbocycles. The summed E-state index contributed by atoms with van der Waals surface area (Å²) in [6, 6.07) is 0. The number of hydrogen-bond donors (Lipinski definition) is 2. The zero-order chi connectivity index (χ0) is 3.58. The zero-order valence-electron chi connectivity index (χ0n) is 2.80. The SMILES string of the molecule is O.O.O=C(O)O.[NaH].[NaH].[NaH]. The summed E-state index contributed by atoms with van der Waals surface area (Å²) in [5.41, 5.74) is 0. The van der Waals surface area contributed by atoms with Crippen LogP contribution < -0.4 is 0 Å². The molecular weight excluding hydrogens is 161 g/mol. The van der Waals surface area contributed by atoms with Crippen LogP contribution in [0.1, 0.15) is 0 Å². The molecule has 0 unspecified atom stereocenters. The molecule has 0 aromatic heterocycles. The van der Waals surface area contributed by atoms with Crippen molar-refractivity contribution in [3.63, 3.8) is 0 Å². The zero-order valence-corrected chi connectivity index (χ0v) is 2.80. The van der Waals surface area contributed by atoms with Gasteiger partial charge in [-0.1, -0.05) is 0 Å². The van der Waals surface area contributed by atoms with Crippen molar-refractivity contribution in [1.29, 1.82) is 0 Å². The van der Waals surface area contributed by atoms with E-state index in [9.17, 15) is 0 Å². The Morgan fingerprint density at radius 1 is 0.889 bits per heavy atom. The van der Waals surface area contributed by atoms with Crippen molar-refractivity contribution in [2.75, 3.05) is 0 Å². The van der Waals surface area contributed by atoms with Gasteiger partial charge in [-0.05, 0) is 0 Å². The van der Waals surface area contributed by atoms with E-state index in [0.29, 0.717) is 0 Å². The van der Waals surface area contributed by atoms with E-state index in [1.165, 1.54) is 0 Å². The van der Waals surface area contributed by atoms with Gasteiger partial charge in [-0.2, -0.15) is 0 Å². The van der Waals surface area contributed by atoms with Crippen molar-refractivity contribution >= 4 is 94.8 Å². The Balaban J connectivity index is -0.00000000450. The van der Waals surface area contributed by atoms with Gasteiger partial charge in [0.2, 0.25) is 0 Å². The van der Waals surface area contributed by atoms with Gasteiger partial charge in [0.05, 0.1) is 0 Å². The van der Waals surface area contributed by atoms with E-state index in [0.717, 1.165) is 0 Å². The summed E-state index contributed by atoms with van der Waals surface area (Å²) in [6.45, 7) is 0. The van der Waals surface area contributed by atoms with Crippen LogP contribution in [0.3, 0.4) is 0 Å². The summed E-state index contributed by atoms with van der Waals surface area (Å²) in [5, 5.41) is 13.9. The summed E-state index contributed by atoms with van der Waals surface area (Å²) in [6.07, 6.45) is -1.83. The number of carboxylic acid groups (broad SMARTS) is 2. The van der Waals surface area contributed by atoms with Crippen molar-refractivity contribution in [2.45, 2.75) is 0 Å². The van der Waals surface area contributed by atoms with Crippen molar-refractivity contribution in [2.24, 2.45) is 0 Å². The molecular formula is CH9Na3O5. The van der Waals surface area contributed by atoms with E-state index in [2.05, 4.69) is 0 Å². The first-order chi connectivity index (χ1) is 1.73. The molecule has 0 atom stereocenters. The van der Waals surface area contributed by atoms with E-state index in [-0.39, 0.29) is 99.6 Å². The van der Waals surface area contributed by atoms with Crippen molar-refractivity contribution < 1.29 is 26.0 Å². The second kappa shape index (κ2) is 31.9. The molecule has 6 N–H and O–H groups in total. The second-order valence-corrected chi connectivity index (χ2v) is 0.283. The molecule has 0 bridgehead atoms. The first-order valence-electron chi connectivity index (χ1n) is 0.651. The maximum absolute atomic E-state index is 8.56. The van der Waals surface area contributed by atoms with Crippen LogP contribution >= 0.6 is 0 Å². The van der Waals surface area contributed by atoms with Gasteiger partial charge in [0.15, 0.2) is 0 Å². The molecule has 0 aliphatic carbocycles. The van der Waals surface area contributed by atoms with Crippen LogP contribution in [-0.2, 0) is 0 Å². The fourth-order valence-corrected chi connectivity index (χ4v) is 0. The molecule has 0 heterocycles. The van der Waals surface area contributed by atoms with E-state index in [4.69, 9.17) is 15.0 Å². The van der Waals surface area contributed by atoms with Crippen LogP contribution in [0, 0.1) is 0 Å². The summed E-state index contributed by atoms with van der Waals surface area (Å²) in [7, 11) is 0. The Bertz CT molecular complexity index is 35.2. The Morgan fingerprint density at radius 2 is 0.889 bits per heavy atom. The quantitative estimate of drug-likeness (QED) is 0.369. The molecule has 8 heteroatoms. The third-order valence-corrected chi connectivity index (χ3v) is 0. The molecule has 0 fully saturated rings. The van der Waals surface area contributed by atoms with Crippen LogP contribution in [0.25, 0.3) is 0 Å². The summed E-state index contributed by atoms with van der Waals surface area (Å²) in [5.74, 6) is 0. The predicted octanol–water partition coefficient (Wildman–Crippen LogP) is -3.37. The average molecular weight is 170 g/mol. The van der Waals surface area contributed by atoms with Crippen LogP contribution in [-0.4, -0.2) is 116 Å². The van der Waals surface area contributed by atoms with Gasteiger partial charge >= 0.3 is 94.8 Å². The summed E-state index contributed by atoms with van der Waals surface area (Å²) < 4.78 is 0. The van der Waals surface area contributed by atoms with Gasteiger partial charge in [-0.25, -0.2) is 4.79 Å². The molecule has 0 saturated heterocycles. The van der Waals surface area contributed by atoms with Gasteiger partial charge in [-0.15, -0.1) is 0 Å². The van der Waals surface area contributed by atoms with Gasteiger partial charge in [0.1, 0.15) is 0 Å². The molecule has 0 aromatic rings. The minimum absolute atomic E-state index is 0. The third-order valence-electron chi connectivity index (χ3n) is 0. The van der Waals surface area contributed by atoms with Gasteiger partial charge < -0.3 is 21.2 Å².